The van der Waals surface area contributed by atoms with Gasteiger partial charge in [0, 0.05) is 23.7 Å². The molecule has 9 nitrogen and oxygen atoms in total. The first-order valence-corrected chi connectivity index (χ1v) is 19.4. The number of aliphatic hydroxyl groups is 3. The van der Waals surface area contributed by atoms with E-state index in [9.17, 15) is 35.1 Å². The zero-order valence-electron chi connectivity index (χ0n) is 33.4. The van der Waals surface area contributed by atoms with Crippen molar-refractivity contribution in [2.24, 2.45) is 41.4 Å². The van der Waals surface area contributed by atoms with Crippen LogP contribution < -0.4 is 10.2 Å². The average molecular weight is 747 g/mol. The van der Waals surface area contributed by atoms with Crippen molar-refractivity contribution in [1.29, 1.82) is 0 Å². The van der Waals surface area contributed by atoms with Crippen LogP contribution in [0.15, 0.2) is 24.0 Å². The second-order valence-electron chi connectivity index (χ2n) is 17.1. The van der Waals surface area contributed by atoms with E-state index in [1.165, 1.54) is 6.08 Å². The molecule has 2 saturated heterocycles. The number of carbonyl (C=O) groups excluding carboxylic acids is 2. The number of carboxylic acid groups (broad SMARTS) is 1. The standard InChI is InChI=1S/C41H72O9.Ca/c1-25(21-29(5)34(43)24-35(44)30(6)22-27(3)20-26(2)14-15-38(46)47)12-11-13-28(4)39(48)31(7)36(45)23-33-16-18-41(10,49-33)37-17-19-40(9,50-37)32(8)42;/h11,13,24-33,36-37,39,42-43,45,48H,12,14-23H2,1-10H3,(H,46,47);/q;+2/p-2/b13-11+,34-24?;/t25-,26-,27+,28-,29-,30+,31+,32-,33+,36+,37-,39-,40+,41+;/m1./s1. The molecule has 0 unspecified atom stereocenters. The predicted molar refractivity (Wildman–Crippen MR) is 198 cm³/mol. The molecule has 14 atom stereocenters. The quantitative estimate of drug-likeness (QED) is 0.0607. The van der Waals surface area contributed by atoms with Crippen LogP contribution in [0.5, 0.6) is 0 Å². The van der Waals surface area contributed by atoms with E-state index in [0.717, 1.165) is 38.5 Å². The molecule has 51 heavy (non-hydrogen) atoms. The Morgan fingerprint density at radius 1 is 0.843 bits per heavy atom. The van der Waals surface area contributed by atoms with E-state index in [0.29, 0.717) is 25.7 Å². The molecule has 0 bridgehead atoms. The summed E-state index contributed by atoms with van der Waals surface area (Å²) in [5, 5.41) is 55.9. The number of ether oxygens (including phenoxy) is 2. The van der Waals surface area contributed by atoms with Gasteiger partial charge in [-0.2, -0.15) is 0 Å². The van der Waals surface area contributed by atoms with Crippen LogP contribution in [0.25, 0.3) is 0 Å². The summed E-state index contributed by atoms with van der Waals surface area (Å²) in [6.07, 6.45) is 10.2. The molecule has 10 heteroatoms. The minimum Gasteiger partial charge on any atom is -0.875 e. The Kier molecular flexibility index (Phi) is 21.1. The number of ketones is 1. The fourth-order valence-corrected chi connectivity index (χ4v) is 8.00. The Morgan fingerprint density at radius 3 is 2.06 bits per heavy atom. The molecule has 0 spiro atoms. The number of hydrogen-bond donors (Lipinski definition) is 3. The molecule has 0 aromatic rings. The van der Waals surface area contributed by atoms with Gasteiger partial charge in [0.1, 0.15) is 0 Å². The van der Waals surface area contributed by atoms with Crippen LogP contribution in [0.2, 0.25) is 0 Å². The molecular formula is C41H70CaO9. The van der Waals surface area contributed by atoms with Crippen molar-refractivity contribution in [1.82, 2.24) is 0 Å². The second kappa shape index (κ2) is 22.1. The van der Waals surface area contributed by atoms with Crippen molar-refractivity contribution in [2.75, 3.05) is 0 Å². The molecular weight excluding hydrogens is 677 g/mol. The Morgan fingerprint density at radius 2 is 1.47 bits per heavy atom. The molecule has 2 rings (SSSR count). The first-order chi connectivity index (χ1) is 23.2. The summed E-state index contributed by atoms with van der Waals surface area (Å²) in [6.45, 7) is 19.4. The van der Waals surface area contributed by atoms with Crippen molar-refractivity contribution in [2.45, 2.75) is 182 Å². The number of hydrogen-bond acceptors (Lipinski definition) is 9. The average Bonchev–Trinajstić information content (AvgIpc) is 3.63. The van der Waals surface area contributed by atoms with E-state index in [-0.39, 0.29) is 109 Å². The predicted octanol–water partition coefficient (Wildman–Crippen LogP) is 4.89. The number of carboxylic acids is 1. The topological polar surface area (TPSA) is 159 Å². The first-order valence-electron chi connectivity index (χ1n) is 19.4. The summed E-state index contributed by atoms with van der Waals surface area (Å²) in [7, 11) is 0. The Labute approximate surface area is 339 Å². The fraction of sp³-hybridized carbons (Fsp3) is 0.854. The molecule has 0 aromatic heterocycles. The van der Waals surface area contributed by atoms with Gasteiger partial charge < -0.3 is 39.8 Å². The second-order valence-corrected chi connectivity index (χ2v) is 17.1. The maximum atomic E-state index is 12.9. The Balaban J connectivity index is 0.0000130. The van der Waals surface area contributed by atoms with Crippen molar-refractivity contribution >= 4 is 49.5 Å². The molecule has 3 N–H and O–H groups in total. The maximum absolute atomic E-state index is 12.9. The van der Waals surface area contributed by atoms with Gasteiger partial charge in [0.15, 0.2) is 5.78 Å². The van der Waals surface area contributed by atoms with E-state index in [1.807, 2.05) is 53.7 Å². The molecule has 2 aliphatic rings. The Bertz CT molecular complexity index is 1130. The molecule has 0 amide bonds. The summed E-state index contributed by atoms with van der Waals surface area (Å²) in [5.74, 6) is -1.73. The molecule has 2 heterocycles. The maximum Gasteiger partial charge on any atom is 2.00 e. The summed E-state index contributed by atoms with van der Waals surface area (Å²) in [6, 6.07) is 0. The minimum absolute atomic E-state index is 0. The van der Waals surface area contributed by atoms with Crippen molar-refractivity contribution in [3.63, 3.8) is 0 Å². The van der Waals surface area contributed by atoms with Crippen LogP contribution in [-0.4, -0.2) is 107 Å². The van der Waals surface area contributed by atoms with Gasteiger partial charge in [0.2, 0.25) is 0 Å². The Hall–Kier alpha value is -0.520. The number of aliphatic carboxylic acids is 1. The zero-order valence-corrected chi connectivity index (χ0v) is 35.6. The zero-order chi connectivity index (χ0) is 38.0. The molecule has 0 aromatic carbocycles. The number of rotatable bonds is 22. The molecule has 2 fully saturated rings. The van der Waals surface area contributed by atoms with Crippen LogP contribution >= 0.6 is 0 Å². The van der Waals surface area contributed by atoms with Gasteiger partial charge in [-0.15, -0.1) is 5.76 Å². The minimum atomic E-state index is -1.04. The number of carbonyl (C=O) groups is 2. The van der Waals surface area contributed by atoms with Gasteiger partial charge in [-0.05, 0) is 121 Å². The van der Waals surface area contributed by atoms with Crippen molar-refractivity contribution in [3.05, 3.63) is 24.0 Å². The normalized spacial score (nSPS) is 30.1. The van der Waals surface area contributed by atoms with E-state index in [1.54, 1.807) is 6.92 Å². The van der Waals surface area contributed by atoms with Gasteiger partial charge in [-0.25, -0.2) is 0 Å². The summed E-state index contributed by atoms with van der Waals surface area (Å²) >= 11 is 0. The van der Waals surface area contributed by atoms with Crippen LogP contribution in [0.1, 0.15) is 140 Å². The van der Waals surface area contributed by atoms with E-state index >= 15 is 0 Å². The summed E-state index contributed by atoms with van der Waals surface area (Å²) < 4.78 is 12.7. The molecule has 2 aliphatic heterocycles. The van der Waals surface area contributed by atoms with Gasteiger partial charge in [0.05, 0.1) is 41.7 Å². The van der Waals surface area contributed by atoms with Gasteiger partial charge in [0.25, 0.3) is 0 Å². The van der Waals surface area contributed by atoms with Crippen LogP contribution in [0.3, 0.4) is 0 Å². The summed E-state index contributed by atoms with van der Waals surface area (Å²) in [4.78, 5) is 23.5. The van der Waals surface area contributed by atoms with Crippen molar-refractivity contribution < 1.29 is 44.6 Å². The van der Waals surface area contributed by atoms with Gasteiger partial charge in [-0.3, -0.25) is 4.79 Å². The molecule has 290 valence electrons. The largest absolute Gasteiger partial charge is 2.00 e. The fourth-order valence-electron chi connectivity index (χ4n) is 8.00. The number of allylic oxidation sites excluding steroid dienone is 3. The molecule has 0 aliphatic carbocycles. The molecule has 0 radical (unpaired) electrons. The van der Waals surface area contributed by atoms with Crippen LogP contribution in [0, 0.1) is 41.4 Å². The monoisotopic (exact) mass is 746 g/mol. The van der Waals surface area contributed by atoms with Crippen LogP contribution in [-0.2, 0) is 19.1 Å². The SMILES string of the molecule is C[C@H](CCC(=O)[O-])C[C@H](C)C[C@H](C)C(=O)C=C([O-])[C@H](C)C[C@H](C)C/C=C/[C@@H](C)[C@@H](O)[C@@H](C)[C@@H](O)C[C@@H]1CC[C@@](C)([C@H]2CC[C@@](C)([C@@H](C)O)O2)O1.[Ca+2]. The van der Waals surface area contributed by atoms with E-state index in [2.05, 4.69) is 20.8 Å². The summed E-state index contributed by atoms with van der Waals surface area (Å²) in [5.41, 5.74) is -1.02. The number of aliphatic hydroxyl groups excluding tert-OH is 3. The van der Waals surface area contributed by atoms with Crippen molar-refractivity contribution in [3.8, 4) is 0 Å². The third kappa shape index (κ3) is 15.6. The molecule has 0 saturated carbocycles. The smallest absolute Gasteiger partial charge is 0.875 e. The van der Waals surface area contributed by atoms with E-state index < -0.39 is 35.5 Å². The third-order valence-corrected chi connectivity index (χ3v) is 11.9. The third-order valence-electron chi connectivity index (χ3n) is 11.9. The first kappa shape index (κ1) is 48.5. The van der Waals surface area contributed by atoms with E-state index in [4.69, 9.17) is 9.47 Å². The van der Waals surface area contributed by atoms with Gasteiger partial charge >= 0.3 is 37.7 Å². The van der Waals surface area contributed by atoms with Gasteiger partial charge in [-0.1, -0.05) is 60.6 Å². The van der Waals surface area contributed by atoms with Crippen LogP contribution in [0.4, 0.5) is 0 Å².